The normalized spacial score (nSPS) is 15.9. The van der Waals surface area contributed by atoms with Crippen LogP contribution in [0, 0.1) is 6.92 Å². The zero-order valence-corrected chi connectivity index (χ0v) is 21.7. The third-order valence-corrected chi connectivity index (χ3v) is 8.89. The van der Waals surface area contributed by atoms with Crippen LogP contribution in [0.3, 0.4) is 0 Å². The summed E-state index contributed by atoms with van der Waals surface area (Å²) in [5.74, 6) is 0.0332. The minimum atomic E-state index is -1.48. The van der Waals surface area contributed by atoms with Crippen LogP contribution in [0.25, 0.3) is 0 Å². The van der Waals surface area contributed by atoms with Gasteiger partial charge in [0.2, 0.25) is 0 Å². The van der Waals surface area contributed by atoms with Crippen LogP contribution in [0.1, 0.15) is 15.4 Å². The Morgan fingerprint density at radius 3 is 2.26 bits per heavy atom. The van der Waals surface area contributed by atoms with Crippen molar-refractivity contribution in [1.29, 1.82) is 0 Å². The van der Waals surface area contributed by atoms with E-state index in [1.165, 1.54) is 11.3 Å². The highest BCUT2D eigenvalue weighted by molar-refractivity contribution is 7.86. The second-order valence-electron chi connectivity index (χ2n) is 7.97. The molecule has 11 heteroatoms. The monoisotopic (exact) mass is 517 g/mol. The van der Waals surface area contributed by atoms with Crippen molar-refractivity contribution in [1.82, 2.24) is 14.2 Å². The van der Waals surface area contributed by atoms with Gasteiger partial charge in [-0.05, 0) is 57.4 Å². The number of thiazole rings is 1. The summed E-state index contributed by atoms with van der Waals surface area (Å²) < 4.78 is 29.9. The van der Waals surface area contributed by atoms with Gasteiger partial charge in [-0.2, -0.15) is 0 Å². The lowest BCUT2D eigenvalue weighted by molar-refractivity contribution is 0.0750. The van der Waals surface area contributed by atoms with Gasteiger partial charge in [-0.1, -0.05) is 12.1 Å². The van der Waals surface area contributed by atoms with Crippen molar-refractivity contribution < 1.29 is 13.2 Å². The summed E-state index contributed by atoms with van der Waals surface area (Å²) in [4.78, 5) is 23.0. The van der Waals surface area contributed by atoms with E-state index in [9.17, 15) is 13.2 Å². The van der Waals surface area contributed by atoms with Gasteiger partial charge in [-0.3, -0.25) is 9.52 Å². The van der Waals surface area contributed by atoms with E-state index in [1.807, 2.05) is 36.1 Å². The van der Waals surface area contributed by atoms with E-state index in [4.69, 9.17) is 0 Å². The zero-order chi connectivity index (χ0) is 24.2. The maximum absolute atomic E-state index is 13.0. The Morgan fingerprint density at radius 1 is 1.00 bits per heavy atom. The second-order valence-corrected chi connectivity index (χ2v) is 11.7. The van der Waals surface area contributed by atoms with Crippen LogP contribution in [0.5, 0.6) is 0 Å². The molecule has 2 atom stereocenters. The van der Waals surface area contributed by atoms with Crippen molar-refractivity contribution in [2.75, 3.05) is 49.9 Å². The molecule has 1 fully saturated rings. The van der Waals surface area contributed by atoms with E-state index in [-0.39, 0.29) is 5.91 Å². The molecule has 1 aliphatic heterocycles. The topological polar surface area (TPSA) is 85.9 Å². The van der Waals surface area contributed by atoms with Crippen molar-refractivity contribution in [3.8, 4) is 0 Å². The average Bonchev–Trinajstić information content (AvgIpc) is 3.29. The van der Waals surface area contributed by atoms with Crippen LogP contribution in [-0.2, 0) is 22.0 Å². The fraction of sp³-hybridized carbons (Fsp3) is 0.304. The minimum Gasteiger partial charge on any atom is -0.366 e. The molecule has 8 nitrogen and oxygen atoms in total. The number of piperazine rings is 1. The Morgan fingerprint density at radius 2 is 1.65 bits per heavy atom. The van der Waals surface area contributed by atoms with Crippen LogP contribution in [-0.4, -0.2) is 68.8 Å². The van der Waals surface area contributed by atoms with Gasteiger partial charge in [0.1, 0.15) is 26.8 Å². The first-order valence-electron chi connectivity index (χ1n) is 10.8. The molecule has 1 N–H and O–H groups in total. The molecular weight excluding hydrogens is 490 g/mol. The Hall–Kier alpha value is -2.60. The summed E-state index contributed by atoms with van der Waals surface area (Å²) in [6.07, 6.45) is 0. The number of nitrogens with zero attached hydrogens (tertiary/aromatic N) is 4. The third kappa shape index (κ3) is 5.38. The number of aromatic nitrogens is 1. The standard InChI is InChI=1S/C23H27N5O3S3/c1-17-22(32-16-24-17)23(29)28-14-12-27(13-15-28)21-7-5-4-6-20(21)25-33(30)18-8-10-19(11-9-18)34(31)26(2)3/h4-11,16,25H,12-15H2,1-3H3. The lowest BCUT2D eigenvalue weighted by Crippen LogP contribution is -2.49. The Balaban J connectivity index is 1.42. The van der Waals surface area contributed by atoms with Gasteiger partial charge in [0, 0.05) is 26.2 Å². The van der Waals surface area contributed by atoms with Gasteiger partial charge in [0.05, 0.1) is 32.4 Å². The van der Waals surface area contributed by atoms with Crippen molar-refractivity contribution in [3.05, 3.63) is 64.6 Å². The van der Waals surface area contributed by atoms with Gasteiger partial charge in [0.15, 0.2) is 0 Å². The maximum atomic E-state index is 13.0. The Kier molecular flexibility index (Phi) is 7.77. The van der Waals surface area contributed by atoms with E-state index in [0.29, 0.717) is 40.8 Å². The Bertz CT molecular complexity index is 1200. The molecule has 0 aliphatic carbocycles. The molecule has 1 aromatic heterocycles. The first-order valence-corrected chi connectivity index (χ1v) is 13.9. The fourth-order valence-electron chi connectivity index (χ4n) is 3.69. The number of amides is 1. The first-order chi connectivity index (χ1) is 16.3. The average molecular weight is 518 g/mol. The van der Waals surface area contributed by atoms with Crippen LogP contribution in [0.15, 0.2) is 63.8 Å². The molecule has 2 heterocycles. The van der Waals surface area contributed by atoms with E-state index in [0.717, 1.165) is 17.1 Å². The zero-order valence-electron chi connectivity index (χ0n) is 19.3. The number of hydrogen-bond donors (Lipinski definition) is 1. The van der Waals surface area contributed by atoms with Gasteiger partial charge in [0.25, 0.3) is 5.91 Å². The molecule has 3 aromatic rings. The molecule has 1 amide bonds. The van der Waals surface area contributed by atoms with Crippen molar-refractivity contribution in [3.63, 3.8) is 0 Å². The number of anilines is 2. The molecule has 0 radical (unpaired) electrons. The molecule has 1 aliphatic rings. The number of para-hydroxylation sites is 2. The number of hydrogen-bond acceptors (Lipinski definition) is 6. The number of benzene rings is 2. The number of carbonyl (C=O) groups excluding carboxylic acids is 1. The maximum Gasteiger partial charge on any atom is 0.265 e. The van der Waals surface area contributed by atoms with E-state index in [2.05, 4.69) is 14.6 Å². The summed E-state index contributed by atoms with van der Waals surface area (Å²) in [6.45, 7) is 4.44. The number of rotatable bonds is 7. The molecule has 2 unspecified atom stereocenters. The lowest BCUT2D eigenvalue weighted by Gasteiger charge is -2.36. The van der Waals surface area contributed by atoms with Crippen LogP contribution >= 0.6 is 11.3 Å². The van der Waals surface area contributed by atoms with Gasteiger partial charge < -0.3 is 9.80 Å². The SMILES string of the molecule is Cc1ncsc1C(=O)N1CCN(c2ccccc2NS(=O)c2ccc(S(=O)N(C)C)cc2)CC1. The second kappa shape index (κ2) is 10.8. The van der Waals surface area contributed by atoms with Crippen LogP contribution in [0.2, 0.25) is 0 Å². The molecule has 34 heavy (non-hydrogen) atoms. The number of carbonyl (C=O) groups is 1. The molecule has 2 aromatic carbocycles. The third-order valence-electron chi connectivity index (χ3n) is 5.53. The first kappa shape index (κ1) is 24.5. The highest BCUT2D eigenvalue weighted by Crippen LogP contribution is 2.28. The van der Waals surface area contributed by atoms with Gasteiger partial charge in [-0.25, -0.2) is 17.7 Å². The van der Waals surface area contributed by atoms with E-state index in [1.54, 1.807) is 48.2 Å². The molecule has 0 spiro atoms. The highest BCUT2D eigenvalue weighted by Gasteiger charge is 2.25. The van der Waals surface area contributed by atoms with Crippen molar-refractivity contribution in [2.45, 2.75) is 16.7 Å². The predicted octanol–water partition coefficient (Wildman–Crippen LogP) is 3.13. The largest absolute Gasteiger partial charge is 0.366 e. The molecule has 180 valence electrons. The summed E-state index contributed by atoms with van der Waals surface area (Å²) in [7, 11) is 0.773. The molecular formula is C23H27N5O3S3. The lowest BCUT2D eigenvalue weighted by atomic mass is 10.2. The fourth-order valence-corrected chi connectivity index (χ4v) is 6.12. The summed E-state index contributed by atoms with van der Waals surface area (Å²) in [5, 5.41) is 0. The van der Waals surface area contributed by atoms with E-state index < -0.39 is 22.0 Å². The number of nitrogens with one attached hydrogen (secondary N) is 1. The molecule has 4 rings (SSSR count). The van der Waals surface area contributed by atoms with E-state index >= 15 is 0 Å². The quantitative estimate of drug-likeness (QED) is 0.521. The van der Waals surface area contributed by atoms with Crippen molar-refractivity contribution >= 4 is 50.6 Å². The Labute approximate surface area is 208 Å². The van der Waals surface area contributed by atoms with Crippen LogP contribution in [0.4, 0.5) is 11.4 Å². The minimum absolute atomic E-state index is 0.0332. The number of aryl methyl sites for hydroxylation is 1. The highest BCUT2D eigenvalue weighted by atomic mass is 32.2. The molecule has 1 saturated heterocycles. The van der Waals surface area contributed by atoms with Gasteiger partial charge >= 0.3 is 0 Å². The van der Waals surface area contributed by atoms with Crippen LogP contribution < -0.4 is 9.62 Å². The van der Waals surface area contributed by atoms with Gasteiger partial charge in [-0.15, -0.1) is 11.3 Å². The predicted molar refractivity (Wildman–Crippen MR) is 138 cm³/mol. The summed E-state index contributed by atoms with van der Waals surface area (Å²) >= 11 is 1.38. The molecule has 0 saturated carbocycles. The summed E-state index contributed by atoms with van der Waals surface area (Å²) in [5.41, 5.74) is 4.19. The summed E-state index contributed by atoms with van der Waals surface area (Å²) in [6, 6.07) is 14.7. The smallest absolute Gasteiger partial charge is 0.265 e. The van der Waals surface area contributed by atoms with Crippen molar-refractivity contribution in [2.24, 2.45) is 0 Å². The molecule has 0 bridgehead atoms.